The lowest BCUT2D eigenvalue weighted by Gasteiger charge is -2.31. The molecule has 0 saturated heterocycles. The molecule has 0 aromatic heterocycles. The fraction of sp³-hybridized carbons (Fsp3) is 0.188. The quantitative estimate of drug-likeness (QED) is 0.825. The Morgan fingerprint density at radius 1 is 0.947 bits per heavy atom. The van der Waals surface area contributed by atoms with E-state index in [0.29, 0.717) is 11.3 Å². The molecule has 3 rings (SSSR count). The van der Waals surface area contributed by atoms with E-state index in [9.17, 15) is 9.90 Å². The van der Waals surface area contributed by atoms with Crippen LogP contribution in [0.3, 0.4) is 0 Å². The van der Waals surface area contributed by atoms with Gasteiger partial charge in [-0.1, -0.05) is 42.5 Å². The highest BCUT2D eigenvalue weighted by molar-refractivity contribution is 6.01. The van der Waals surface area contributed by atoms with Crippen molar-refractivity contribution < 1.29 is 14.6 Å². The fourth-order valence-electron chi connectivity index (χ4n) is 2.44. The van der Waals surface area contributed by atoms with Gasteiger partial charge in [-0.3, -0.25) is 4.79 Å². The van der Waals surface area contributed by atoms with Gasteiger partial charge in [-0.2, -0.15) is 0 Å². The number of hydrogen-bond acceptors (Lipinski definition) is 2. The average Bonchev–Trinajstić information content (AvgIpc) is 2.48. The van der Waals surface area contributed by atoms with Crippen molar-refractivity contribution in [1.82, 2.24) is 0 Å². The third-order valence-electron chi connectivity index (χ3n) is 3.42. The molecule has 0 spiro atoms. The van der Waals surface area contributed by atoms with Crippen LogP contribution in [0.5, 0.6) is 5.75 Å². The molecular formula is C16H13O3. The van der Waals surface area contributed by atoms with Gasteiger partial charge in [-0.05, 0) is 17.7 Å². The van der Waals surface area contributed by atoms with E-state index in [0.717, 1.165) is 5.56 Å². The van der Waals surface area contributed by atoms with Crippen LogP contribution < -0.4 is 4.74 Å². The number of rotatable bonds is 2. The number of carbonyl (C=O) groups excluding carboxylic acids is 1. The van der Waals surface area contributed by atoms with Crippen LogP contribution >= 0.6 is 0 Å². The topological polar surface area (TPSA) is 46.2 Å². The summed E-state index contributed by atoms with van der Waals surface area (Å²) in [6.45, 7) is -0.466. The highest BCUT2D eigenvalue weighted by Crippen LogP contribution is 2.38. The molecule has 0 aliphatic carbocycles. The molecule has 1 aliphatic heterocycles. The Balaban J connectivity index is 2.05. The summed E-state index contributed by atoms with van der Waals surface area (Å²) in [6.07, 6.45) is -0.485. The van der Waals surface area contributed by atoms with Crippen LogP contribution in [0.25, 0.3) is 0 Å². The van der Waals surface area contributed by atoms with Crippen LogP contribution in [0.4, 0.5) is 0 Å². The van der Waals surface area contributed by atoms with Gasteiger partial charge in [-0.25, -0.2) is 5.11 Å². The predicted molar refractivity (Wildman–Crippen MR) is 69.6 cm³/mol. The van der Waals surface area contributed by atoms with Gasteiger partial charge < -0.3 is 4.74 Å². The van der Waals surface area contributed by atoms with E-state index in [2.05, 4.69) is 0 Å². The Bertz CT molecular complexity index is 592. The molecule has 2 atom stereocenters. The van der Waals surface area contributed by atoms with Gasteiger partial charge >= 0.3 is 0 Å². The molecule has 2 unspecified atom stereocenters. The lowest BCUT2D eigenvalue weighted by Crippen LogP contribution is -2.33. The summed E-state index contributed by atoms with van der Waals surface area (Å²) >= 11 is 0. The van der Waals surface area contributed by atoms with Crippen LogP contribution in [0.1, 0.15) is 22.0 Å². The molecule has 0 amide bonds. The van der Waals surface area contributed by atoms with Gasteiger partial charge in [0.15, 0.2) is 5.78 Å². The number of para-hydroxylation sites is 1. The van der Waals surface area contributed by atoms with Crippen LogP contribution in [0.15, 0.2) is 54.6 Å². The highest BCUT2D eigenvalue weighted by Gasteiger charge is 2.37. The standard InChI is InChI=1S/C16H13O3/c17-10-13-15(18)12-8-4-5-9-14(12)19-16(13)11-6-2-1-3-7-11/h1-9,13,16H,10H2. The van der Waals surface area contributed by atoms with Crippen LogP contribution in [0.2, 0.25) is 0 Å². The Morgan fingerprint density at radius 2 is 1.63 bits per heavy atom. The molecule has 19 heavy (non-hydrogen) atoms. The minimum Gasteiger partial charge on any atom is -0.484 e. The van der Waals surface area contributed by atoms with Crippen LogP contribution in [-0.2, 0) is 5.11 Å². The monoisotopic (exact) mass is 253 g/mol. The number of ketones is 1. The minimum absolute atomic E-state index is 0.120. The molecule has 1 aliphatic rings. The number of benzene rings is 2. The molecule has 1 heterocycles. The molecule has 2 aromatic rings. The van der Waals surface area contributed by atoms with Gasteiger partial charge in [0, 0.05) is 0 Å². The number of fused-ring (bicyclic) bond motifs is 1. The van der Waals surface area contributed by atoms with Crippen molar-refractivity contribution in [2.24, 2.45) is 5.92 Å². The average molecular weight is 253 g/mol. The normalized spacial score (nSPS) is 21.6. The van der Waals surface area contributed by atoms with Gasteiger partial charge in [-0.15, -0.1) is 0 Å². The molecule has 2 aromatic carbocycles. The molecule has 95 valence electrons. The van der Waals surface area contributed by atoms with Gasteiger partial charge in [0.25, 0.3) is 0 Å². The van der Waals surface area contributed by atoms with E-state index in [-0.39, 0.29) is 5.78 Å². The van der Waals surface area contributed by atoms with E-state index in [4.69, 9.17) is 4.74 Å². The number of Topliss-reactive ketones (excluding diaryl/α,β-unsaturated/α-hetero) is 1. The van der Waals surface area contributed by atoms with E-state index < -0.39 is 18.6 Å². The molecule has 1 radical (unpaired) electrons. The SMILES string of the molecule is [O]CC1C(=O)c2ccccc2OC1c1ccccc1. The first-order valence-corrected chi connectivity index (χ1v) is 6.24. The molecular weight excluding hydrogens is 240 g/mol. The molecule has 0 saturated carbocycles. The Labute approximate surface area is 111 Å². The summed E-state index contributed by atoms with van der Waals surface area (Å²) < 4.78 is 5.87. The molecule has 0 fully saturated rings. The van der Waals surface area contributed by atoms with Crippen molar-refractivity contribution in [3.63, 3.8) is 0 Å². The van der Waals surface area contributed by atoms with Crippen molar-refractivity contribution in [3.8, 4) is 5.75 Å². The van der Waals surface area contributed by atoms with Crippen molar-refractivity contribution in [3.05, 3.63) is 65.7 Å². The Kier molecular flexibility index (Phi) is 3.05. The first-order chi connectivity index (χ1) is 9.31. The summed E-state index contributed by atoms with van der Waals surface area (Å²) in [5.41, 5.74) is 1.38. The maximum atomic E-state index is 12.4. The maximum Gasteiger partial charge on any atom is 0.176 e. The van der Waals surface area contributed by atoms with E-state index in [1.165, 1.54) is 0 Å². The lowest BCUT2D eigenvalue weighted by atomic mass is 9.86. The van der Waals surface area contributed by atoms with Crippen molar-refractivity contribution in [2.45, 2.75) is 6.10 Å². The molecule has 3 nitrogen and oxygen atoms in total. The maximum absolute atomic E-state index is 12.4. The first-order valence-electron chi connectivity index (χ1n) is 6.24. The van der Waals surface area contributed by atoms with Gasteiger partial charge in [0.2, 0.25) is 0 Å². The summed E-state index contributed by atoms with van der Waals surface area (Å²) in [4.78, 5) is 12.4. The number of ether oxygens (including phenoxy) is 1. The van der Waals surface area contributed by atoms with Crippen LogP contribution in [-0.4, -0.2) is 12.4 Å². The predicted octanol–water partition coefficient (Wildman–Crippen LogP) is 3.05. The summed E-state index contributed by atoms with van der Waals surface area (Å²) in [7, 11) is 0. The van der Waals surface area contributed by atoms with Crippen LogP contribution in [0, 0.1) is 5.92 Å². The second-order valence-corrected chi connectivity index (χ2v) is 4.58. The fourth-order valence-corrected chi connectivity index (χ4v) is 2.44. The minimum atomic E-state index is -0.655. The largest absolute Gasteiger partial charge is 0.484 e. The van der Waals surface area contributed by atoms with Crippen molar-refractivity contribution in [1.29, 1.82) is 0 Å². The second kappa shape index (κ2) is 4.86. The zero-order valence-corrected chi connectivity index (χ0v) is 10.3. The summed E-state index contributed by atoms with van der Waals surface area (Å²) in [6, 6.07) is 16.5. The van der Waals surface area contributed by atoms with Gasteiger partial charge in [0.05, 0.1) is 18.1 Å². The highest BCUT2D eigenvalue weighted by atomic mass is 16.5. The molecule has 0 N–H and O–H groups in total. The van der Waals surface area contributed by atoms with E-state index >= 15 is 0 Å². The molecule has 3 heteroatoms. The number of hydrogen-bond donors (Lipinski definition) is 0. The number of carbonyl (C=O) groups is 1. The van der Waals surface area contributed by atoms with E-state index in [1.54, 1.807) is 18.2 Å². The molecule has 0 bridgehead atoms. The third kappa shape index (κ3) is 2.02. The summed E-state index contributed by atoms with van der Waals surface area (Å²) in [5, 5.41) is 11.4. The van der Waals surface area contributed by atoms with Crippen molar-refractivity contribution in [2.75, 3.05) is 6.61 Å². The van der Waals surface area contributed by atoms with E-state index in [1.807, 2.05) is 36.4 Å². The first kappa shape index (κ1) is 11.9. The zero-order valence-electron chi connectivity index (χ0n) is 10.3. The lowest BCUT2D eigenvalue weighted by molar-refractivity contribution is 0.0358. The smallest absolute Gasteiger partial charge is 0.176 e. The summed E-state index contributed by atoms with van der Waals surface area (Å²) in [5.74, 6) is -0.214. The zero-order chi connectivity index (χ0) is 13.2. The Hall–Kier alpha value is -2.13. The van der Waals surface area contributed by atoms with Gasteiger partial charge in [0.1, 0.15) is 11.9 Å². The third-order valence-corrected chi connectivity index (χ3v) is 3.42. The van der Waals surface area contributed by atoms with Crippen molar-refractivity contribution >= 4 is 5.78 Å². The second-order valence-electron chi connectivity index (χ2n) is 4.58. The Morgan fingerprint density at radius 3 is 2.37 bits per heavy atom.